The van der Waals surface area contributed by atoms with Crippen molar-refractivity contribution in [3.8, 4) is 5.75 Å². The van der Waals surface area contributed by atoms with Gasteiger partial charge in [0.1, 0.15) is 30.7 Å². The standard InChI is InChI=1S/C70H98N13O17P/c1-33-21-46-47(22-34(33)2)83(32-78-46)65-60(94)61(48(30-85)98-65)100-101(95,96)99-35(3)27-77-55(91)19-20-67(9)44(23-52(73)88)64-70(12)69(11,26-54(75)90)43(15-18-56(92)97-31-39-28-76-38(6)59(93)40(39)29-84)58(82-70)37(5)63-68(10,25-53(74)89)41(13-16-50(71)86)45(79-63)24-49-66(7,8)42(14-17-51(72)87)57(80-49)36(4)62(67)81-64/h21-22,24,28,32,35,41-44,48,60-61,64-65,79,84-85,93-94H,13-20,23,25-27,29-31H2,1-12H3,(H2,71,86)(H2,72,87)(H2,73,88)(H2,74,89)(H2,75,90)(H,77,91)(H,95,96)/t35?,41?,42?,43?,44?,48-,60-,61-,64?,65+,67?,68?,69?,70?/m1/s1. The lowest BCUT2D eigenvalue weighted by Gasteiger charge is -2.48. The van der Waals surface area contributed by atoms with Gasteiger partial charge >= 0.3 is 13.8 Å². The van der Waals surface area contributed by atoms with Crippen LogP contribution in [0, 0.1) is 66.1 Å². The summed E-state index contributed by atoms with van der Waals surface area (Å²) in [5.41, 5.74) is 31.6. The highest BCUT2D eigenvalue weighted by atomic mass is 31.2. The Morgan fingerprint density at radius 2 is 1.46 bits per heavy atom. The number of amides is 6. The number of carbonyl (C=O) groups excluding carboxylic acids is 7. The van der Waals surface area contributed by atoms with Crippen molar-refractivity contribution in [3.63, 3.8) is 0 Å². The van der Waals surface area contributed by atoms with Crippen LogP contribution in [0.2, 0.25) is 0 Å². The predicted molar refractivity (Wildman–Crippen MR) is 371 cm³/mol. The molecule has 17 N–H and O–H groups in total. The van der Waals surface area contributed by atoms with Crippen LogP contribution in [0.15, 0.2) is 73.9 Å². The molecular weight excluding hydrogens is 1330 g/mol. The minimum atomic E-state index is -5.11. The maximum absolute atomic E-state index is 14.5. The summed E-state index contributed by atoms with van der Waals surface area (Å²) in [6.45, 7) is 19.6. The summed E-state index contributed by atoms with van der Waals surface area (Å²) in [6.07, 6.45) is -3.71. The van der Waals surface area contributed by atoms with E-state index in [-0.39, 0.29) is 99.9 Å². The molecule has 8 bridgehead atoms. The average molecular weight is 1420 g/mol. The van der Waals surface area contributed by atoms with Crippen LogP contribution >= 0.6 is 7.82 Å². The van der Waals surface area contributed by atoms with E-state index in [1.54, 1.807) is 25.3 Å². The van der Waals surface area contributed by atoms with E-state index in [1.807, 2.05) is 73.6 Å². The van der Waals surface area contributed by atoms with E-state index >= 15 is 0 Å². The zero-order chi connectivity index (χ0) is 74.6. The minimum Gasteiger partial charge on any atom is -0.506 e. The molecule has 15 atom stereocenters. The van der Waals surface area contributed by atoms with Crippen molar-refractivity contribution in [2.24, 2.45) is 89.0 Å². The molecule has 11 unspecified atom stereocenters. The first kappa shape index (κ1) is 77.1. The zero-order valence-electron chi connectivity index (χ0n) is 59.4. The quantitative estimate of drug-likeness (QED) is 0.0340. The molecule has 2 fully saturated rings. The number of benzene rings is 1. The number of nitrogens with zero attached hydrogens (tertiary/aromatic N) is 6. The number of fused-ring (bicyclic) bond motifs is 7. The number of nitrogens with two attached hydrogens (primary N) is 5. The van der Waals surface area contributed by atoms with Gasteiger partial charge in [-0.3, -0.25) is 62.6 Å². The van der Waals surface area contributed by atoms with Gasteiger partial charge in [-0.05, 0) is 115 Å². The number of esters is 1. The second-order valence-electron chi connectivity index (χ2n) is 29.6. The Labute approximate surface area is 586 Å². The molecule has 0 radical (unpaired) electrons. The molecule has 2 aromatic heterocycles. The van der Waals surface area contributed by atoms with Crippen LogP contribution in [0.4, 0.5) is 0 Å². The Bertz CT molecular complexity index is 4100. The number of aliphatic hydroxyl groups excluding tert-OH is 3. The lowest BCUT2D eigenvalue weighted by molar-refractivity contribution is -0.145. The third kappa shape index (κ3) is 15.0. The van der Waals surface area contributed by atoms with Crippen molar-refractivity contribution < 1.29 is 82.0 Å². The number of imidazole rings is 1. The number of aromatic hydroxyl groups is 1. The highest BCUT2D eigenvalue weighted by Gasteiger charge is 2.66. The third-order valence-corrected chi connectivity index (χ3v) is 23.7. The van der Waals surface area contributed by atoms with Gasteiger partial charge in [-0.25, -0.2) is 9.55 Å². The van der Waals surface area contributed by atoms with E-state index in [0.717, 1.165) is 11.1 Å². The molecule has 101 heavy (non-hydrogen) atoms. The van der Waals surface area contributed by atoms with Crippen molar-refractivity contribution in [3.05, 3.63) is 86.9 Å². The average Bonchev–Trinajstić information content (AvgIpc) is 1.53. The number of aliphatic imine (C=N–C) groups is 3. The van der Waals surface area contributed by atoms with E-state index < -0.39 is 156 Å². The SMILES string of the molecule is CC1=C2N=C(C=C3NC(=C(C)C4=NC(C)(C5N=C1C(C)(CCC(=O)NCC(C)OP(=O)(O)O[C@H]1[C@@H](O)[C@@H](n6cnc7cc(C)c(C)cc76)O[C@@H]1CO)C5CC(N)=O)C(C)(CC(N)=O)C4CCC(=O)OCc1cnc(C)c(O)c1CO)C(C)(CC(N)=O)C3CCC(N)=O)C(C)(C)C2CCC(N)=O. The summed E-state index contributed by atoms with van der Waals surface area (Å²) in [7, 11) is -5.11. The number of hydrogen-bond donors (Lipinski definition) is 12. The lowest BCUT2D eigenvalue weighted by atomic mass is 9.55. The third-order valence-electron chi connectivity index (χ3n) is 22.5. The van der Waals surface area contributed by atoms with Crippen LogP contribution in [0.3, 0.4) is 0 Å². The number of pyridine rings is 1. The van der Waals surface area contributed by atoms with Crippen LogP contribution in [-0.4, -0.2) is 148 Å². The number of aliphatic hydroxyl groups is 3. The molecule has 0 aliphatic carbocycles. The number of nitrogens with one attached hydrogen (secondary N) is 2. The topological polar surface area (TPSA) is 497 Å². The van der Waals surface area contributed by atoms with Gasteiger partial charge in [-0.2, -0.15) is 0 Å². The van der Waals surface area contributed by atoms with Crippen molar-refractivity contribution in [1.82, 2.24) is 25.2 Å². The van der Waals surface area contributed by atoms with Crippen molar-refractivity contribution >= 4 is 77.4 Å². The number of phosphoric ester groups is 1. The number of primary amides is 5. The van der Waals surface area contributed by atoms with Gasteiger partial charge in [-0.1, -0.05) is 34.6 Å². The van der Waals surface area contributed by atoms with Gasteiger partial charge in [-0.15, -0.1) is 0 Å². The van der Waals surface area contributed by atoms with Gasteiger partial charge in [0.25, 0.3) is 0 Å². The normalized spacial score (nSPS) is 29.8. The molecule has 8 heterocycles. The summed E-state index contributed by atoms with van der Waals surface area (Å²) in [4.78, 5) is 133. The minimum absolute atomic E-state index is 0.0566. The van der Waals surface area contributed by atoms with Gasteiger partial charge in [0, 0.05) is 148 Å². The number of ether oxygens (including phenoxy) is 2. The highest BCUT2D eigenvalue weighted by molar-refractivity contribution is 7.47. The number of carbonyl (C=O) groups is 7. The number of aromatic nitrogens is 3. The Balaban J connectivity index is 1.12. The number of aryl methyl sites for hydroxylation is 3. The largest absolute Gasteiger partial charge is 0.506 e. The van der Waals surface area contributed by atoms with Crippen molar-refractivity contribution in [2.75, 3.05) is 13.2 Å². The Morgan fingerprint density at radius 3 is 2.08 bits per heavy atom. The van der Waals surface area contributed by atoms with Crippen LogP contribution in [-0.2, 0) is 69.9 Å². The number of hydrogen-bond acceptors (Lipinski definition) is 22. The molecule has 0 saturated carbocycles. The lowest BCUT2D eigenvalue weighted by Crippen LogP contribution is -2.56. The van der Waals surface area contributed by atoms with Crippen LogP contribution in [0.25, 0.3) is 11.0 Å². The molecule has 6 aliphatic rings. The second-order valence-corrected chi connectivity index (χ2v) is 31.0. The number of rotatable bonds is 29. The van der Waals surface area contributed by atoms with E-state index in [1.165, 1.54) is 19.4 Å². The first-order chi connectivity index (χ1) is 47.2. The Morgan fingerprint density at radius 1 is 0.812 bits per heavy atom. The molecule has 3 aromatic rings. The second kappa shape index (κ2) is 29.3. The monoisotopic (exact) mass is 1420 g/mol. The summed E-state index contributed by atoms with van der Waals surface area (Å²) in [5.74, 6) is -8.04. The molecular formula is C70H98N13O17P. The summed E-state index contributed by atoms with van der Waals surface area (Å²) in [6, 6.07) is 2.60. The number of phosphoric acid groups is 1. The van der Waals surface area contributed by atoms with E-state index in [9.17, 15) is 63.4 Å². The molecule has 30 nitrogen and oxygen atoms in total. The van der Waals surface area contributed by atoms with E-state index in [4.69, 9.17) is 62.2 Å². The maximum Gasteiger partial charge on any atom is 0.472 e. The fraction of sp³-hybridized carbons (Fsp3) is 0.600. The predicted octanol–water partition coefficient (Wildman–Crippen LogP) is 4.32. The van der Waals surface area contributed by atoms with Crippen LogP contribution < -0.4 is 39.3 Å². The van der Waals surface area contributed by atoms with Crippen molar-refractivity contribution in [2.45, 2.75) is 209 Å². The molecule has 6 aliphatic heterocycles. The molecule has 550 valence electrons. The van der Waals surface area contributed by atoms with Crippen LogP contribution in [0.1, 0.15) is 167 Å². The van der Waals surface area contributed by atoms with E-state index in [0.29, 0.717) is 56.4 Å². The summed E-state index contributed by atoms with van der Waals surface area (Å²) in [5, 5.41) is 49.3. The molecule has 31 heteroatoms. The van der Waals surface area contributed by atoms with Gasteiger partial charge in [0.15, 0.2) is 6.23 Å². The number of allylic oxidation sites excluding steroid dienone is 6. The zero-order valence-corrected chi connectivity index (χ0v) is 60.3. The smallest absolute Gasteiger partial charge is 0.472 e. The molecule has 9 rings (SSSR count). The van der Waals surface area contributed by atoms with Crippen molar-refractivity contribution in [1.29, 1.82) is 0 Å². The van der Waals surface area contributed by atoms with Gasteiger partial charge < -0.3 is 78.7 Å². The van der Waals surface area contributed by atoms with E-state index in [2.05, 4.69) is 20.6 Å². The van der Waals surface area contributed by atoms with Gasteiger partial charge in [0.2, 0.25) is 35.4 Å². The van der Waals surface area contributed by atoms with Gasteiger partial charge in [0.05, 0.1) is 54.0 Å². The fourth-order valence-corrected chi connectivity index (χ4v) is 17.8. The Hall–Kier alpha value is -8.09. The molecule has 1 aromatic carbocycles. The summed E-state index contributed by atoms with van der Waals surface area (Å²) < 4.78 is 38.2. The fourth-order valence-electron chi connectivity index (χ4n) is 16.6. The molecule has 2 saturated heterocycles. The Kier molecular flexibility index (Phi) is 22.4. The van der Waals surface area contributed by atoms with Crippen LogP contribution in [0.5, 0.6) is 5.75 Å². The maximum atomic E-state index is 14.5. The molecule has 0 spiro atoms. The first-order valence-electron chi connectivity index (χ1n) is 34.0. The first-order valence-corrected chi connectivity index (χ1v) is 35.5. The highest BCUT2D eigenvalue weighted by Crippen LogP contribution is 2.63. The summed E-state index contributed by atoms with van der Waals surface area (Å²) >= 11 is 0. The molecule has 6 amide bonds.